The molecule has 0 spiro atoms. The maximum atomic E-state index is 12.5. The maximum Gasteiger partial charge on any atom is 0.339 e. The largest absolute Gasteiger partial charge is 0.461 e. The highest BCUT2D eigenvalue weighted by Crippen LogP contribution is 2.24. The van der Waals surface area contributed by atoms with Crippen molar-refractivity contribution in [3.63, 3.8) is 0 Å². The molecule has 0 aliphatic carbocycles. The van der Waals surface area contributed by atoms with Crippen LogP contribution in [0.1, 0.15) is 34.6 Å². The van der Waals surface area contributed by atoms with Crippen molar-refractivity contribution in [3.05, 3.63) is 56.8 Å². The van der Waals surface area contributed by atoms with E-state index in [9.17, 15) is 9.59 Å². The molecule has 11 heteroatoms. The van der Waals surface area contributed by atoms with Crippen molar-refractivity contribution in [3.8, 4) is 0 Å². The van der Waals surface area contributed by atoms with Crippen molar-refractivity contribution >= 4 is 147 Å². The second kappa shape index (κ2) is 14.5. The van der Waals surface area contributed by atoms with Crippen LogP contribution in [-0.4, -0.2) is 49.2 Å². The third kappa shape index (κ3) is 8.99. The SMILES string of the molecule is CC(C)N(CCOC(=O)c1cc(I)cc(I)c1I)CCOC(=O)c1cc(I)cc(I)c1I. The molecule has 0 N–H and O–H groups in total. The smallest absolute Gasteiger partial charge is 0.339 e. The van der Waals surface area contributed by atoms with Crippen LogP contribution in [0, 0.1) is 21.4 Å². The molecular weight excluding hydrogens is 1090 g/mol. The summed E-state index contributed by atoms with van der Waals surface area (Å²) in [4.78, 5) is 27.2. The summed E-state index contributed by atoms with van der Waals surface area (Å²) in [6.45, 7) is 5.82. The molecule has 2 aromatic rings. The number of carbonyl (C=O) groups is 2. The molecule has 0 unspecified atom stereocenters. The van der Waals surface area contributed by atoms with Gasteiger partial charge in [-0.3, -0.25) is 4.90 Å². The van der Waals surface area contributed by atoms with Gasteiger partial charge in [-0.25, -0.2) is 9.59 Å². The lowest BCUT2D eigenvalue weighted by atomic mass is 10.2. The lowest BCUT2D eigenvalue weighted by Gasteiger charge is -2.26. The lowest BCUT2D eigenvalue weighted by molar-refractivity contribution is 0.0362. The Kier molecular flexibility index (Phi) is 13.5. The Hall–Kier alpha value is 1.72. The summed E-state index contributed by atoms with van der Waals surface area (Å²) in [5.41, 5.74) is 1.18. The Morgan fingerprint density at radius 2 is 1.12 bits per heavy atom. The van der Waals surface area contributed by atoms with Crippen LogP contribution < -0.4 is 0 Å². The Balaban J connectivity index is 1.88. The molecule has 0 aromatic heterocycles. The Labute approximate surface area is 270 Å². The van der Waals surface area contributed by atoms with Crippen LogP contribution >= 0.6 is 136 Å². The third-order valence-corrected chi connectivity index (χ3v) is 11.7. The van der Waals surface area contributed by atoms with Crippen LogP contribution in [0.5, 0.6) is 0 Å². The number of hydrogen-bond donors (Lipinski definition) is 0. The van der Waals surface area contributed by atoms with Gasteiger partial charge in [0.05, 0.1) is 11.1 Å². The highest BCUT2D eigenvalue weighted by atomic mass is 127. The average molecular weight is 1110 g/mol. The van der Waals surface area contributed by atoms with Gasteiger partial charge in [-0.05, 0) is 174 Å². The molecule has 0 saturated carbocycles. The lowest BCUT2D eigenvalue weighted by Crippen LogP contribution is -2.37. The first-order chi connectivity index (χ1) is 15.0. The van der Waals surface area contributed by atoms with Crippen molar-refractivity contribution in [1.29, 1.82) is 0 Å². The van der Waals surface area contributed by atoms with E-state index in [1.54, 1.807) is 0 Å². The van der Waals surface area contributed by atoms with E-state index >= 15 is 0 Å². The van der Waals surface area contributed by atoms with E-state index in [2.05, 4.69) is 154 Å². The molecule has 0 aliphatic heterocycles. The summed E-state index contributed by atoms with van der Waals surface area (Å²) in [5, 5.41) is 0. The van der Waals surface area contributed by atoms with Gasteiger partial charge in [0.15, 0.2) is 0 Å². The summed E-state index contributed by atoms with van der Waals surface area (Å²) < 4.78 is 16.9. The number of hydrogen-bond acceptors (Lipinski definition) is 5. The minimum Gasteiger partial charge on any atom is -0.461 e. The number of benzene rings is 2. The summed E-state index contributed by atoms with van der Waals surface area (Å²) in [5.74, 6) is -0.632. The zero-order chi connectivity index (χ0) is 24.0. The van der Waals surface area contributed by atoms with Crippen molar-refractivity contribution in [2.24, 2.45) is 0 Å². The topological polar surface area (TPSA) is 55.8 Å². The molecular formula is C21H19I6NO4. The van der Waals surface area contributed by atoms with Crippen LogP contribution in [0.15, 0.2) is 24.3 Å². The molecule has 2 rings (SSSR count). The first-order valence-corrected chi connectivity index (χ1v) is 15.9. The van der Waals surface area contributed by atoms with Crippen molar-refractivity contribution < 1.29 is 19.1 Å². The van der Waals surface area contributed by atoms with E-state index in [0.29, 0.717) is 24.2 Å². The van der Waals surface area contributed by atoms with Gasteiger partial charge in [0.1, 0.15) is 13.2 Å². The molecule has 5 nitrogen and oxygen atoms in total. The van der Waals surface area contributed by atoms with Gasteiger partial charge < -0.3 is 9.47 Å². The molecule has 0 atom stereocenters. The molecule has 0 amide bonds. The number of halogens is 6. The Bertz CT molecular complexity index is 923. The van der Waals surface area contributed by atoms with Crippen LogP contribution in [0.4, 0.5) is 0 Å². The van der Waals surface area contributed by atoms with Gasteiger partial charge in [0, 0.05) is 40.6 Å². The number of ether oxygens (including phenoxy) is 2. The second-order valence-corrected chi connectivity index (χ2v) is 13.9. The molecule has 0 saturated heterocycles. The van der Waals surface area contributed by atoms with Gasteiger partial charge in [0.25, 0.3) is 0 Å². The van der Waals surface area contributed by atoms with Crippen molar-refractivity contribution in [2.45, 2.75) is 19.9 Å². The first kappa shape index (κ1) is 29.9. The minimum atomic E-state index is -0.316. The monoisotopic (exact) mass is 1110 g/mol. The number of carbonyl (C=O) groups excluding carboxylic acids is 2. The predicted octanol–water partition coefficient (Wildman–Crippen LogP) is 7.04. The molecule has 0 radical (unpaired) electrons. The summed E-state index contributed by atoms with van der Waals surface area (Å²) >= 11 is 13.2. The normalized spacial score (nSPS) is 11.2. The van der Waals surface area contributed by atoms with Crippen LogP contribution in [0.3, 0.4) is 0 Å². The van der Waals surface area contributed by atoms with Gasteiger partial charge in [0.2, 0.25) is 0 Å². The Morgan fingerprint density at radius 1 is 0.750 bits per heavy atom. The average Bonchev–Trinajstić information content (AvgIpc) is 2.71. The Morgan fingerprint density at radius 3 is 1.47 bits per heavy atom. The van der Waals surface area contributed by atoms with Gasteiger partial charge in [-0.15, -0.1) is 0 Å². The molecule has 174 valence electrons. The van der Waals surface area contributed by atoms with Crippen molar-refractivity contribution in [1.82, 2.24) is 4.90 Å². The van der Waals surface area contributed by atoms with Gasteiger partial charge >= 0.3 is 11.9 Å². The van der Waals surface area contributed by atoms with Crippen LogP contribution in [-0.2, 0) is 9.47 Å². The van der Waals surface area contributed by atoms with E-state index < -0.39 is 0 Å². The van der Waals surface area contributed by atoms with E-state index in [-0.39, 0.29) is 31.2 Å². The predicted molar refractivity (Wildman–Crippen MR) is 176 cm³/mol. The summed E-state index contributed by atoms with van der Waals surface area (Å²) in [6.07, 6.45) is 0. The number of esters is 2. The number of rotatable bonds is 9. The fourth-order valence-corrected chi connectivity index (χ4v) is 7.46. The second-order valence-electron chi connectivity index (χ2n) is 6.90. The van der Waals surface area contributed by atoms with Gasteiger partial charge in [-0.1, -0.05) is 0 Å². The summed E-state index contributed by atoms with van der Waals surface area (Å²) in [7, 11) is 0. The molecule has 2 aromatic carbocycles. The van der Waals surface area contributed by atoms with Gasteiger partial charge in [-0.2, -0.15) is 0 Å². The van der Waals surface area contributed by atoms with Crippen LogP contribution in [0.25, 0.3) is 0 Å². The molecule has 0 bridgehead atoms. The fourth-order valence-electron chi connectivity index (χ4n) is 2.70. The zero-order valence-electron chi connectivity index (χ0n) is 17.1. The highest BCUT2D eigenvalue weighted by molar-refractivity contribution is 14.1. The summed E-state index contributed by atoms with van der Waals surface area (Å²) in [6, 6.07) is 7.98. The van der Waals surface area contributed by atoms with E-state index in [4.69, 9.17) is 9.47 Å². The number of nitrogens with zero attached hydrogens (tertiary/aromatic N) is 1. The molecule has 0 aliphatic rings. The zero-order valence-corrected chi connectivity index (χ0v) is 30.0. The van der Waals surface area contributed by atoms with Crippen LogP contribution in [0.2, 0.25) is 0 Å². The van der Waals surface area contributed by atoms with E-state index in [1.165, 1.54) is 0 Å². The van der Waals surface area contributed by atoms with E-state index in [1.807, 2.05) is 24.3 Å². The fraction of sp³-hybridized carbons (Fsp3) is 0.333. The molecule has 32 heavy (non-hydrogen) atoms. The molecule has 0 fully saturated rings. The third-order valence-electron chi connectivity index (χ3n) is 4.38. The molecule has 0 heterocycles. The maximum absolute atomic E-state index is 12.5. The van der Waals surface area contributed by atoms with E-state index in [0.717, 1.165) is 21.4 Å². The quantitative estimate of drug-likeness (QED) is 0.154. The minimum absolute atomic E-state index is 0.227. The highest BCUT2D eigenvalue weighted by Gasteiger charge is 2.18. The first-order valence-electron chi connectivity index (χ1n) is 9.38. The van der Waals surface area contributed by atoms with Crippen molar-refractivity contribution in [2.75, 3.05) is 26.3 Å². The standard InChI is InChI=1S/C21H19I6NO4/c1-11(2)28(3-5-31-20(29)14-7-12(22)9-16(24)18(14)26)4-6-32-21(30)15-8-13(23)10-17(25)19(15)27/h7-11H,3-6H2,1-2H3.